The molecule has 1 heterocycles. The molecule has 0 aromatic heterocycles. The molecule has 1 aromatic rings. The highest BCUT2D eigenvalue weighted by Gasteiger charge is 2.51. The van der Waals surface area contributed by atoms with Gasteiger partial charge in [0.2, 0.25) is 0 Å². The lowest BCUT2D eigenvalue weighted by Crippen LogP contribution is -2.41. The number of rotatable bonds is 4. The van der Waals surface area contributed by atoms with E-state index < -0.39 is 7.12 Å². The zero-order valence-corrected chi connectivity index (χ0v) is 13.6. The zero-order valence-electron chi connectivity index (χ0n) is 12.8. The van der Waals surface area contributed by atoms with Crippen LogP contribution in [-0.4, -0.2) is 24.9 Å². The van der Waals surface area contributed by atoms with E-state index in [1.807, 2.05) is 45.9 Å². The molecule has 1 aliphatic rings. The molecule has 0 saturated carbocycles. The first-order valence-corrected chi connectivity index (χ1v) is 7.42. The number of halogens is 1. The number of ether oxygens (including phenoxy) is 1. The van der Waals surface area contributed by atoms with Crippen LogP contribution in [0.3, 0.4) is 0 Å². The van der Waals surface area contributed by atoms with Gasteiger partial charge >= 0.3 is 7.12 Å². The van der Waals surface area contributed by atoms with Gasteiger partial charge in [0.1, 0.15) is 5.75 Å². The molecule has 0 unspecified atom stereocenters. The van der Waals surface area contributed by atoms with Crippen LogP contribution in [0, 0.1) is 0 Å². The molecule has 5 heteroatoms. The third kappa shape index (κ3) is 2.97. The van der Waals surface area contributed by atoms with Gasteiger partial charge in [-0.2, -0.15) is 0 Å². The van der Waals surface area contributed by atoms with Gasteiger partial charge < -0.3 is 14.0 Å². The van der Waals surface area contributed by atoms with E-state index in [0.29, 0.717) is 17.4 Å². The summed E-state index contributed by atoms with van der Waals surface area (Å²) in [4.78, 5) is 0. The molecule has 110 valence electrons. The van der Waals surface area contributed by atoms with Crippen LogP contribution in [0.25, 0.3) is 0 Å². The molecular weight excluding hydrogens is 274 g/mol. The molecule has 0 bridgehead atoms. The molecule has 1 fully saturated rings. The van der Waals surface area contributed by atoms with Crippen LogP contribution in [0.1, 0.15) is 41.0 Å². The summed E-state index contributed by atoms with van der Waals surface area (Å²) in [6.07, 6.45) is 0.954. The molecule has 0 spiro atoms. The van der Waals surface area contributed by atoms with Crippen molar-refractivity contribution in [2.75, 3.05) is 6.61 Å². The maximum Gasteiger partial charge on any atom is 0.494 e. The van der Waals surface area contributed by atoms with Gasteiger partial charge in [0.15, 0.2) is 0 Å². The van der Waals surface area contributed by atoms with E-state index >= 15 is 0 Å². The maximum absolute atomic E-state index is 6.25. The quantitative estimate of drug-likeness (QED) is 0.797. The third-order valence-corrected chi connectivity index (χ3v) is 4.24. The third-order valence-electron chi connectivity index (χ3n) is 3.94. The molecule has 0 aliphatic carbocycles. The summed E-state index contributed by atoms with van der Waals surface area (Å²) in [5.41, 5.74) is 0.223. The highest BCUT2D eigenvalue weighted by atomic mass is 35.5. The Hall–Kier alpha value is -0.705. The lowest BCUT2D eigenvalue weighted by molar-refractivity contribution is 0.00578. The minimum atomic E-state index is -0.391. The molecule has 3 nitrogen and oxygen atoms in total. The van der Waals surface area contributed by atoms with E-state index in [1.165, 1.54) is 0 Å². The summed E-state index contributed by atoms with van der Waals surface area (Å²) in [5, 5.41) is 0.589. The summed E-state index contributed by atoms with van der Waals surface area (Å²) < 4.78 is 17.6. The summed E-state index contributed by atoms with van der Waals surface area (Å²) in [7, 11) is -0.391. The van der Waals surface area contributed by atoms with E-state index in [2.05, 4.69) is 6.92 Å². The first-order valence-electron chi connectivity index (χ1n) is 7.05. The van der Waals surface area contributed by atoms with Crippen LogP contribution in [-0.2, 0) is 9.31 Å². The maximum atomic E-state index is 6.25. The van der Waals surface area contributed by atoms with Gasteiger partial charge in [-0.1, -0.05) is 24.6 Å². The first-order chi connectivity index (χ1) is 9.27. The number of hydrogen-bond donors (Lipinski definition) is 0. The van der Waals surface area contributed by atoms with Crippen LogP contribution >= 0.6 is 11.6 Å². The molecular formula is C15H22BClO3. The Morgan fingerprint density at radius 1 is 1.15 bits per heavy atom. The van der Waals surface area contributed by atoms with Crippen LogP contribution in [0.5, 0.6) is 5.75 Å². The fourth-order valence-corrected chi connectivity index (χ4v) is 2.22. The second-order valence-electron chi connectivity index (χ2n) is 6.13. The fourth-order valence-electron chi connectivity index (χ4n) is 1.97. The average molecular weight is 297 g/mol. The van der Waals surface area contributed by atoms with E-state index in [-0.39, 0.29) is 11.2 Å². The molecule has 0 radical (unpaired) electrons. The second-order valence-corrected chi connectivity index (χ2v) is 6.53. The second kappa shape index (κ2) is 5.59. The smallest absolute Gasteiger partial charge is 0.492 e. The molecule has 1 saturated heterocycles. The van der Waals surface area contributed by atoms with E-state index in [9.17, 15) is 0 Å². The van der Waals surface area contributed by atoms with Gasteiger partial charge in [-0.15, -0.1) is 0 Å². The van der Waals surface area contributed by atoms with Crippen molar-refractivity contribution in [1.29, 1.82) is 0 Å². The minimum Gasteiger partial charge on any atom is -0.492 e. The van der Waals surface area contributed by atoms with E-state index in [1.54, 1.807) is 0 Å². The highest BCUT2D eigenvalue weighted by Crippen LogP contribution is 2.37. The number of benzene rings is 1. The summed E-state index contributed by atoms with van der Waals surface area (Å²) in [6, 6.07) is 5.67. The summed E-state index contributed by atoms with van der Waals surface area (Å²) >= 11 is 6.25. The Morgan fingerprint density at radius 2 is 1.75 bits per heavy atom. The van der Waals surface area contributed by atoms with E-state index in [4.69, 9.17) is 25.6 Å². The van der Waals surface area contributed by atoms with Gasteiger partial charge in [0.05, 0.1) is 22.8 Å². The Kier molecular flexibility index (Phi) is 4.38. The SMILES string of the molecule is CCCOc1ccc(B2OC(C)(C)C(C)(C)O2)cc1Cl. The molecule has 0 N–H and O–H groups in total. The molecule has 1 aromatic carbocycles. The van der Waals surface area contributed by atoms with Crippen molar-refractivity contribution in [2.45, 2.75) is 52.2 Å². The first kappa shape index (κ1) is 15.7. The van der Waals surface area contributed by atoms with Gasteiger partial charge in [0.25, 0.3) is 0 Å². The molecule has 2 rings (SSSR count). The topological polar surface area (TPSA) is 27.7 Å². The van der Waals surface area contributed by atoms with Crippen molar-refractivity contribution < 1.29 is 14.0 Å². The van der Waals surface area contributed by atoms with Crippen LogP contribution in [0.15, 0.2) is 18.2 Å². The van der Waals surface area contributed by atoms with Crippen LogP contribution in [0.2, 0.25) is 5.02 Å². The minimum absolute atomic E-state index is 0.346. The monoisotopic (exact) mass is 296 g/mol. The average Bonchev–Trinajstić information content (AvgIpc) is 2.57. The predicted molar refractivity (Wildman–Crippen MR) is 83.0 cm³/mol. The molecule has 20 heavy (non-hydrogen) atoms. The van der Waals surface area contributed by atoms with Crippen molar-refractivity contribution in [1.82, 2.24) is 0 Å². The van der Waals surface area contributed by atoms with Crippen molar-refractivity contribution in [3.63, 3.8) is 0 Å². The Bertz CT molecular complexity index is 472. The largest absolute Gasteiger partial charge is 0.494 e. The Morgan fingerprint density at radius 3 is 2.25 bits per heavy atom. The molecule has 0 atom stereocenters. The normalized spacial score (nSPS) is 20.2. The van der Waals surface area contributed by atoms with Crippen molar-refractivity contribution in [2.24, 2.45) is 0 Å². The van der Waals surface area contributed by atoms with Crippen LogP contribution < -0.4 is 10.2 Å². The number of hydrogen-bond acceptors (Lipinski definition) is 3. The Balaban J connectivity index is 2.17. The predicted octanol–water partition coefficient (Wildman–Crippen LogP) is 3.43. The fraction of sp³-hybridized carbons (Fsp3) is 0.600. The van der Waals surface area contributed by atoms with Crippen molar-refractivity contribution in [3.05, 3.63) is 23.2 Å². The lowest BCUT2D eigenvalue weighted by Gasteiger charge is -2.32. The molecule has 0 amide bonds. The van der Waals surface area contributed by atoms with Gasteiger partial charge in [0, 0.05) is 0 Å². The van der Waals surface area contributed by atoms with Crippen molar-refractivity contribution in [3.8, 4) is 5.75 Å². The van der Waals surface area contributed by atoms with Crippen molar-refractivity contribution >= 4 is 24.2 Å². The Labute approximate surface area is 126 Å². The van der Waals surface area contributed by atoms with Crippen LogP contribution in [0.4, 0.5) is 0 Å². The standard InChI is InChI=1S/C15H22BClO3/c1-6-9-18-13-8-7-11(10-12(13)17)16-19-14(2,3)15(4,5)20-16/h7-8,10H,6,9H2,1-5H3. The van der Waals surface area contributed by atoms with Gasteiger partial charge in [-0.3, -0.25) is 0 Å². The summed E-state index contributed by atoms with van der Waals surface area (Å²) in [6.45, 7) is 10.9. The zero-order chi connectivity index (χ0) is 15.0. The van der Waals surface area contributed by atoms with Gasteiger partial charge in [-0.05, 0) is 51.7 Å². The summed E-state index contributed by atoms with van der Waals surface area (Å²) in [5.74, 6) is 0.703. The van der Waals surface area contributed by atoms with E-state index in [0.717, 1.165) is 11.9 Å². The van der Waals surface area contributed by atoms with Gasteiger partial charge in [-0.25, -0.2) is 0 Å². The lowest BCUT2D eigenvalue weighted by atomic mass is 9.79. The highest BCUT2D eigenvalue weighted by molar-refractivity contribution is 6.62. The molecule has 1 aliphatic heterocycles.